The Hall–Kier alpha value is -7.08. The molecule has 0 spiro atoms. The minimum absolute atomic E-state index is 0.0315. The zero-order valence-electron chi connectivity index (χ0n) is 35.6. The molecule has 0 fully saturated rings. The van der Waals surface area contributed by atoms with Gasteiger partial charge in [0, 0.05) is 42.9 Å². The molecule has 1 aromatic heterocycles. The minimum atomic E-state index is -2.07. The molecular weight excluding hydrogens is 821 g/mol. The van der Waals surface area contributed by atoms with Gasteiger partial charge in [-0.1, -0.05) is 117 Å². The number of nitrogens with zero attached hydrogens (tertiary/aromatic N) is 3. The zero-order valence-corrected chi connectivity index (χ0v) is 35.6. The van der Waals surface area contributed by atoms with E-state index in [1.54, 1.807) is 84.9 Å². The quantitative estimate of drug-likeness (QED) is 0.0328. The molecule has 0 aliphatic carbocycles. The van der Waals surface area contributed by atoms with Gasteiger partial charge in [0.25, 0.3) is 5.69 Å². The van der Waals surface area contributed by atoms with Crippen molar-refractivity contribution in [1.82, 2.24) is 25.5 Å². The second-order valence-corrected chi connectivity index (χ2v) is 15.9. The molecule has 5 rings (SSSR count). The van der Waals surface area contributed by atoms with Crippen molar-refractivity contribution in [3.05, 3.63) is 166 Å². The molecule has 0 bridgehead atoms. The van der Waals surface area contributed by atoms with Crippen LogP contribution in [0.5, 0.6) is 0 Å². The number of ether oxygens (including phenoxy) is 1. The van der Waals surface area contributed by atoms with Gasteiger partial charge in [-0.2, -0.15) is 0 Å². The zero-order chi connectivity index (χ0) is 46.2. The Morgan fingerprint density at radius 3 is 1.91 bits per heavy atom. The maximum atomic E-state index is 15.2. The van der Waals surface area contributed by atoms with E-state index in [4.69, 9.17) is 16.2 Å². The first-order valence-electron chi connectivity index (χ1n) is 20.8. The number of nitro groups is 1. The van der Waals surface area contributed by atoms with E-state index >= 15 is 9.59 Å². The van der Waals surface area contributed by atoms with Gasteiger partial charge >= 0.3 is 6.09 Å². The lowest BCUT2D eigenvalue weighted by atomic mass is 9.84. The van der Waals surface area contributed by atoms with Crippen LogP contribution in [-0.2, 0) is 56.3 Å². The molecule has 0 aliphatic heterocycles. The summed E-state index contributed by atoms with van der Waals surface area (Å²) < 4.78 is 5.44. The van der Waals surface area contributed by atoms with Crippen molar-refractivity contribution in [3.8, 4) is 0 Å². The Morgan fingerprint density at radius 1 is 0.766 bits per heavy atom. The lowest BCUT2D eigenvalue weighted by Crippen LogP contribution is -2.60. The van der Waals surface area contributed by atoms with E-state index in [1.807, 2.05) is 19.9 Å². The number of non-ortho nitro benzene ring substituents is 1. The van der Waals surface area contributed by atoms with Gasteiger partial charge in [-0.3, -0.25) is 34.2 Å². The third-order valence-corrected chi connectivity index (χ3v) is 10.5. The number of aliphatic hydroxyl groups excluding tert-OH is 1. The molecule has 0 saturated carbocycles. The van der Waals surface area contributed by atoms with E-state index in [0.717, 1.165) is 4.90 Å². The number of rotatable bonds is 22. The summed E-state index contributed by atoms with van der Waals surface area (Å²) in [5, 5.41) is 28.8. The molecule has 8 N–H and O–H groups in total. The van der Waals surface area contributed by atoms with Crippen molar-refractivity contribution in [2.24, 2.45) is 23.3 Å². The lowest BCUT2D eigenvalue weighted by Gasteiger charge is -2.34. The van der Waals surface area contributed by atoms with Gasteiger partial charge in [0.1, 0.15) is 18.6 Å². The van der Waals surface area contributed by atoms with Crippen molar-refractivity contribution in [2.75, 3.05) is 0 Å². The Morgan fingerprint density at radius 2 is 1.34 bits per heavy atom. The highest BCUT2D eigenvalue weighted by Crippen LogP contribution is 2.23. The molecule has 0 radical (unpaired) electrons. The number of aromatic nitrogens is 2. The fourth-order valence-corrected chi connectivity index (χ4v) is 7.13. The number of aromatic amines is 1. The molecule has 4 amide bonds. The number of carbonyl (C=O) groups is 5. The highest BCUT2D eigenvalue weighted by atomic mass is 16.6. The number of carbonyl (C=O) groups excluding carboxylic acids is 5. The lowest BCUT2D eigenvalue weighted by molar-refractivity contribution is -0.384. The number of aliphatic hydroxyl groups is 1. The van der Waals surface area contributed by atoms with Crippen molar-refractivity contribution in [2.45, 2.75) is 83.0 Å². The highest BCUT2D eigenvalue weighted by Gasteiger charge is 2.45. The number of Topliss-reactive ketones (excluding diaryl/α,β-unsaturated/α-hetero) is 1. The number of nitrogens with one attached hydrogen (secondary N) is 3. The molecule has 5 aromatic rings. The number of imidazole rings is 1. The predicted molar refractivity (Wildman–Crippen MR) is 237 cm³/mol. The van der Waals surface area contributed by atoms with Gasteiger partial charge in [-0.25, -0.2) is 9.78 Å². The third kappa shape index (κ3) is 14.0. The normalized spacial score (nSPS) is 14.0. The first-order chi connectivity index (χ1) is 30.7. The molecule has 6 atom stereocenters. The molecule has 2 unspecified atom stereocenters. The number of hydrogen-bond acceptors (Lipinski definition) is 12. The number of ketones is 1. The summed E-state index contributed by atoms with van der Waals surface area (Å²) in [6, 6.07) is 26.2. The number of benzene rings is 4. The van der Waals surface area contributed by atoms with E-state index < -0.39 is 70.7 Å². The summed E-state index contributed by atoms with van der Waals surface area (Å²) in [5.74, 6) is -5.87. The predicted octanol–water partition coefficient (Wildman–Crippen LogP) is 3.93. The topological polar surface area (TPSA) is 266 Å². The van der Waals surface area contributed by atoms with Gasteiger partial charge in [0.05, 0.1) is 36.0 Å². The second-order valence-electron chi connectivity index (χ2n) is 15.9. The molecule has 64 heavy (non-hydrogen) atoms. The van der Waals surface area contributed by atoms with Crippen LogP contribution >= 0.6 is 0 Å². The van der Waals surface area contributed by atoms with Crippen molar-refractivity contribution in [1.29, 1.82) is 0 Å². The van der Waals surface area contributed by atoms with Crippen LogP contribution in [0.25, 0.3) is 0 Å². The SMILES string of the molecule is CC(C)C[C@H](N)C(=O)N(Cc1ccccc1)C(=O)C(C(=O)[C@H](Cc1cnc[nH]1)NC(=O)[C@H](Cc1ccccc1)NC(=O)OCc1ccccc1)C(O)[C@@H](N)Cc1ccc([N+](=O)[O-])cc1. The molecule has 336 valence electrons. The molecule has 0 saturated heterocycles. The Bertz CT molecular complexity index is 2300. The molecule has 4 aromatic carbocycles. The van der Waals surface area contributed by atoms with E-state index in [2.05, 4.69) is 20.6 Å². The first-order valence-corrected chi connectivity index (χ1v) is 20.8. The van der Waals surface area contributed by atoms with Gasteiger partial charge < -0.3 is 36.9 Å². The van der Waals surface area contributed by atoms with Crippen LogP contribution in [0.1, 0.15) is 48.2 Å². The van der Waals surface area contributed by atoms with Crippen LogP contribution in [-0.4, -0.2) is 84.8 Å². The van der Waals surface area contributed by atoms with E-state index in [0.29, 0.717) is 27.9 Å². The van der Waals surface area contributed by atoms with Crippen LogP contribution in [0.2, 0.25) is 0 Å². The van der Waals surface area contributed by atoms with E-state index in [1.165, 1.54) is 36.8 Å². The molecule has 1 heterocycles. The number of alkyl carbamates (subject to hydrolysis) is 1. The maximum Gasteiger partial charge on any atom is 0.408 e. The number of amides is 4. The van der Waals surface area contributed by atoms with E-state index in [9.17, 15) is 29.6 Å². The molecule has 17 nitrogen and oxygen atoms in total. The molecule has 0 aliphatic rings. The Balaban J connectivity index is 1.53. The average Bonchev–Trinajstić information content (AvgIpc) is 3.81. The summed E-state index contributed by atoms with van der Waals surface area (Å²) in [4.78, 5) is 90.6. The minimum Gasteiger partial charge on any atom is -0.445 e. The van der Waals surface area contributed by atoms with Gasteiger partial charge in [0.15, 0.2) is 5.78 Å². The van der Waals surface area contributed by atoms with Crippen molar-refractivity contribution >= 4 is 35.3 Å². The van der Waals surface area contributed by atoms with Crippen LogP contribution in [0, 0.1) is 22.0 Å². The van der Waals surface area contributed by atoms with Crippen LogP contribution < -0.4 is 22.1 Å². The van der Waals surface area contributed by atoms with Crippen molar-refractivity contribution < 1.29 is 38.7 Å². The summed E-state index contributed by atoms with van der Waals surface area (Å²) in [6.45, 7) is 3.31. The summed E-state index contributed by atoms with van der Waals surface area (Å²) >= 11 is 0. The third-order valence-electron chi connectivity index (χ3n) is 10.5. The number of nitrogens with two attached hydrogens (primary N) is 2. The summed E-state index contributed by atoms with van der Waals surface area (Å²) in [7, 11) is 0. The van der Waals surface area contributed by atoms with Crippen LogP contribution in [0.15, 0.2) is 128 Å². The van der Waals surface area contributed by atoms with E-state index in [-0.39, 0.29) is 50.4 Å². The Labute approximate surface area is 370 Å². The highest BCUT2D eigenvalue weighted by molar-refractivity contribution is 6.10. The fourth-order valence-electron chi connectivity index (χ4n) is 7.13. The van der Waals surface area contributed by atoms with Gasteiger partial charge in [-0.15, -0.1) is 0 Å². The molecular formula is C47H54N8O9. The number of nitro benzene ring substituents is 1. The van der Waals surface area contributed by atoms with Crippen LogP contribution in [0.4, 0.5) is 10.5 Å². The fraction of sp³-hybridized carbons (Fsp3) is 0.319. The number of hydrogen-bond donors (Lipinski definition) is 6. The largest absolute Gasteiger partial charge is 0.445 e. The first kappa shape index (κ1) is 48.0. The standard InChI is InChI=1S/C47H54N8O9/c1-30(2)22-38(49)45(59)54(27-33-14-8-4-9-15-33)46(60)41(42(56)37(48)23-32-18-20-36(21-19-32)55(62)63)43(57)39(25-35-26-50-29-51-35)52-44(58)40(24-31-12-6-3-7-13-31)53-47(61)64-28-34-16-10-5-11-17-34/h3-21,26,29-30,37-42,56H,22-25,27-28,48-49H2,1-2H3,(H,50,51)(H,52,58)(H,53,61)/t37-,38-,39-,40-,41?,42?/m0/s1. The summed E-state index contributed by atoms with van der Waals surface area (Å²) in [6.07, 6.45) is -0.376. The number of imide groups is 1. The van der Waals surface area contributed by atoms with Crippen molar-refractivity contribution in [3.63, 3.8) is 0 Å². The van der Waals surface area contributed by atoms with Crippen LogP contribution in [0.3, 0.4) is 0 Å². The smallest absolute Gasteiger partial charge is 0.408 e. The second kappa shape index (κ2) is 23.4. The number of H-pyrrole nitrogens is 1. The van der Waals surface area contributed by atoms with Gasteiger partial charge in [-0.05, 0) is 41.0 Å². The molecule has 17 heteroatoms. The van der Waals surface area contributed by atoms with Gasteiger partial charge in [0.2, 0.25) is 17.7 Å². The Kier molecular flexibility index (Phi) is 17.5. The summed E-state index contributed by atoms with van der Waals surface area (Å²) in [5.41, 5.74) is 15.5. The monoisotopic (exact) mass is 874 g/mol. The average molecular weight is 875 g/mol. The maximum absolute atomic E-state index is 15.2.